The summed E-state index contributed by atoms with van der Waals surface area (Å²) in [6.45, 7) is 0.305. The molecule has 0 bridgehead atoms. The molecule has 6 nitrogen and oxygen atoms in total. The van der Waals surface area contributed by atoms with Gasteiger partial charge in [0.15, 0.2) is 0 Å². The molecule has 2 aromatic carbocycles. The minimum atomic E-state index is -0.975. The molecule has 1 amide bonds. The SMILES string of the molecule is CN(c1ccncc1)n1ccc2cc(N(Cc3ccccc3)C(=O)O)ccc21. The maximum absolute atomic E-state index is 11.8. The van der Waals surface area contributed by atoms with Crippen molar-refractivity contribution in [3.63, 3.8) is 0 Å². The predicted octanol–water partition coefficient (Wildman–Crippen LogP) is 4.62. The van der Waals surface area contributed by atoms with Crippen LogP contribution in [0.2, 0.25) is 0 Å². The van der Waals surface area contributed by atoms with Gasteiger partial charge in [0, 0.05) is 36.7 Å². The molecule has 2 heterocycles. The van der Waals surface area contributed by atoms with Crippen molar-refractivity contribution < 1.29 is 9.90 Å². The van der Waals surface area contributed by atoms with Gasteiger partial charge in [0.05, 0.1) is 17.7 Å². The summed E-state index contributed by atoms with van der Waals surface area (Å²) in [5, 5.41) is 12.7. The van der Waals surface area contributed by atoms with Gasteiger partial charge in [-0.15, -0.1) is 0 Å². The van der Waals surface area contributed by atoms with E-state index in [9.17, 15) is 9.90 Å². The largest absolute Gasteiger partial charge is 0.465 e. The summed E-state index contributed by atoms with van der Waals surface area (Å²) in [4.78, 5) is 17.3. The number of hydrogen-bond acceptors (Lipinski definition) is 3. The molecule has 0 unspecified atom stereocenters. The van der Waals surface area contributed by atoms with Crippen LogP contribution in [0.1, 0.15) is 5.56 Å². The summed E-state index contributed by atoms with van der Waals surface area (Å²) >= 11 is 0. The summed E-state index contributed by atoms with van der Waals surface area (Å²) in [7, 11) is 1.97. The van der Waals surface area contributed by atoms with Crippen LogP contribution in [-0.4, -0.2) is 27.9 Å². The van der Waals surface area contributed by atoms with Crippen molar-refractivity contribution in [2.24, 2.45) is 0 Å². The molecule has 4 aromatic rings. The summed E-state index contributed by atoms with van der Waals surface area (Å²) in [6.07, 6.45) is 4.50. The monoisotopic (exact) mass is 372 g/mol. The molecule has 0 atom stereocenters. The number of anilines is 2. The fraction of sp³-hybridized carbons (Fsp3) is 0.0909. The van der Waals surface area contributed by atoms with E-state index in [0.717, 1.165) is 22.2 Å². The molecule has 28 heavy (non-hydrogen) atoms. The standard InChI is InChI=1S/C22H20N4O2/c1-24(19-9-12-23-13-10-19)26-14-11-18-15-20(7-8-21(18)26)25(22(27)28)16-17-5-3-2-4-6-17/h2-15H,16H2,1H3,(H,27,28). The minimum absolute atomic E-state index is 0.305. The molecule has 0 saturated heterocycles. The number of rotatable bonds is 5. The summed E-state index contributed by atoms with van der Waals surface area (Å²) < 4.78 is 2.02. The van der Waals surface area contributed by atoms with Gasteiger partial charge in [-0.1, -0.05) is 30.3 Å². The normalized spacial score (nSPS) is 10.8. The molecular formula is C22H20N4O2. The Kier molecular flexibility index (Phi) is 4.68. The van der Waals surface area contributed by atoms with Crippen molar-refractivity contribution in [2.75, 3.05) is 17.0 Å². The quantitative estimate of drug-likeness (QED) is 0.555. The van der Waals surface area contributed by atoms with E-state index >= 15 is 0 Å². The lowest BCUT2D eigenvalue weighted by atomic mass is 10.2. The lowest BCUT2D eigenvalue weighted by molar-refractivity contribution is 0.201. The number of aromatic nitrogens is 2. The molecule has 0 saturated carbocycles. The summed E-state index contributed by atoms with van der Waals surface area (Å²) in [5.41, 5.74) is 3.59. The predicted molar refractivity (Wildman–Crippen MR) is 111 cm³/mol. The van der Waals surface area contributed by atoms with Crippen LogP contribution in [0, 0.1) is 0 Å². The van der Waals surface area contributed by atoms with E-state index in [-0.39, 0.29) is 0 Å². The van der Waals surface area contributed by atoms with Crippen LogP contribution in [0.3, 0.4) is 0 Å². The smallest absolute Gasteiger partial charge is 0.412 e. The van der Waals surface area contributed by atoms with Gasteiger partial charge in [0.2, 0.25) is 0 Å². The van der Waals surface area contributed by atoms with E-state index in [0.29, 0.717) is 12.2 Å². The Labute approximate surface area is 162 Å². The van der Waals surface area contributed by atoms with E-state index < -0.39 is 6.09 Å². The van der Waals surface area contributed by atoms with Crippen LogP contribution in [-0.2, 0) is 6.54 Å². The number of fused-ring (bicyclic) bond motifs is 1. The first-order valence-electron chi connectivity index (χ1n) is 8.93. The fourth-order valence-electron chi connectivity index (χ4n) is 3.26. The Morgan fingerprint density at radius 3 is 2.46 bits per heavy atom. The number of carbonyl (C=O) groups is 1. The molecule has 0 spiro atoms. The maximum Gasteiger partial charge on any atom is 0.412 e. The fourth-order valence-corrected chi connectivity index (χ4v) is 3.26. The molecule has 0 aliphatic carbocycles. The number of amides is 1. The van der Waals surface area contributed by atoms with Crippen molar-refractivity contribution in [1.29, 1.82) is 0 Å². The Morgan fingerprint density at radius 2 is 1.75 bits per heavy atom. The van der Waals surface area contributed by atoms with Crippen LogP contribution >= 0.6 is 0 Å². The van der Waals surface area contributed by atoms with Gasteiger partial charge in [0.1, 0.15) is 0 Å². The molecule has 6 heteroatoms. The first-order chi connectivity index (χ1) is 13.6. The first kappa shape index (κ1) is 17.6. The zero-order chi connectivity index (χ0) is 19.5. The third-order valence-corrected chi connectivity index (χ3v) is 4.74. The molecule has 0 aliphatic heterocycles. The van der Waals surface area contributed by atoms with Gasteiger partial charge in [-0.2, -0.15) is 0 Å². The van der Waals surface area contributed by atoms with Crippen LogP contribution in [0.15, 0.2) is 85.3 Å². The van der Waals surface area contributed by atoms with Gasteiger partial charge in [0.25, 0.3) is 0 Å². The summed E-state index contributed by atoms with van der Waals surface area (Å²) in [5.74, 6) is 0. The van der Waals surface area contributed by atoms with Gasteiger partial charge >= 0.3 is 6.09 Å². The van der Waals surface area contributed by atoms with Crippen molar-refractivity contribution in [3.8, 4) is 0 Å². The Hall–Kier alpha value is -3.80. The van der Waals surface area contributed by atoms with E-state index in [1.165, 1.54) is 4.90 Å². The number of carboxylic acid groups (broad SMARTS) is 1. The molecular weight excluding hydrogens is 352 g/mol. The second-order valence-corrected chi connectivity index (χ2v) is 6.49. The van der Waals surface area contributed by atoms with Crippen LogP contribution in [0.5, 0.6) is 0 Å². The van der Waals surface area contributed by atoms with Crippen molar-refractivity contribution >= 4 is 28.4 Å². The van der Waals surface area contributed by atoms with Crippen LogP contribution in [0.25, 0.3) is 10.9 Å². The second kappa shape index (κ2) is 7.44. The van der Waals surface area contributed by atoms with Gasteiger partial charge in [-0.25, -0.2) is 4.79 Å². The zero-order valence-corrected chi connectivity index (χ0v) is 15.4. The van der Waals surface area contributed by atoms with Crippen molar-refractivity contribution in [1.82, 2.24) is 9.66 Å². The number of pyridine rings is 1. The lowest BCUT2D eigenvalue weighted by Crippen LogP contribution is -2.28. The van der Waals surface area contributed by atoms with E-state index in [4.69, 9.17) is 0 Å². The van der Waals surface area contributed by atoms with E-state index in [2.05, 4.69) is 4.98 Å². The van der Waals surface area contributed by atoms with E-state index in [1.54, 1.807) is 12.4 Å². The highest BCUT2D eigenvalue weighted by Crippen LogP contribution is 2.26. The molecule has 0 aliphatic rings. The Bertz CT molecular complexity index is 1090. The summed E-state index contributed by atoms with van der Waals surface area (Å²) in [6, 6.07) is 21.1. The zero-order valence-electron chi connectivity index (χ0n) is 15.4. The van der Waals surface area contributed by atoms with Gasteiger partial charge in [-0.3, -0.25) is 19.6 Å². The van der Waals surface area contributed by atoms with Crippen LogP contribution < -0.4 is 9.91 Å². The third kappa shape index (κ3) is 3.40. The Balaban J connectivity index is 1.67. The number of hydrogen-bond donors (Lipinski definition) is 1. The molecule has 0 radical (unpaired) electrons. The number of nitrogens with zero attached hydrogens (tertiary/aromatic N) is 4. The molecule has 140 valence electrons. The second-order valence-electron chi connectivity index (χ2n) is 6.49. The molecule has 0 fully saturated rings. The first-order valence-corrected chi connectivity index (χ1v) is 8.93. The molecule has 1 N–H and O–H groups in total. The lowest BCUT2D eigenvalue weighted by Gasteiger charge is -2.23. The highest BCUT2D eigenvalue weighted by atomic mass is 16.4. The van der Waals surface area contributed by atoms with Crippen molar-refractivity contribution in [3.05, 3.63) is 90.9 Å². The molecule has 2 aromatic heterocycles. The maximum atomic E-state index is 11.8. The Morgan fingerprint density at radius 1 is 1.00 bits per heavy atom. The topological polar surface area (TPSA) is 61.6 Å². The van der Waals surface area contributed by atoms with E-state index in [1.807, 2.05) is 89.7 Å². The average molecular weight is 372 g/mol. The highest BCUT2D eigenvalue weighted by Gasteiger charge is 2.16. The van der Waals surface area contributed by atoms with Gasteiger partial charge < -0.3 is 5.11 Å². The third-order valence-electron chi connectivity index (χ3n) is 4.74. The number of benzene rings is 2. The van der Waals surface area contributed by atoms with Crippen LogP contribution in [0.4, 0.5) is 16.2 Å². The minimum Gasteiger partial charge on any atom is -0.465 e. The van der Waals surface area contributed by atoms with Crippen molar-refractivity contribution in [2.45, 2.75) is 6.54 Å². The van der Waals surface area contributed by atoms with Gasteiger partial charge in [-0.05, 0) is 42.0 Å². The molecule has 4 rings (SSSR count). The highest BCUT2D eigenvalue weighted by molar-refractivity contribution is 5.91. The average Bonchev–Trinajstić information content (AvgIpc) is 3.16.